The van der Waals surface area contributed by atoms with E-state index >= 15 is 0 Å². The van der Waals surface area contributed by atoms with E-state index in [4.69, 9.17) is 33.2 Å². The van der Waals surface area contributed by atoms with E-state index in [1.165, 1.54) is 14.2 Å². The Bertz CT molecular complexity index is 524. The molecule has 2 N–H and O–H groups in total. The molecule has 3 saturated heterocycles. The number of ether oxygens (including phenoxy) is 7. The van der Waals surface area contributed by atoms with Crippen molar-refractivity contribution in [2.24, 2.45) is 0 Å². The normalized spacial score (nSPS) is 50.4. The number of aliphatic hydroxyl groups is 2. The maximum absolute atomic E-state index is 11.7. The molecule has 0 saturated carbocycles. The first-order chi connectivity index (χ1) is 14.2. The van der Waals surface area contributed by atoms with Crippen molar-refractivity contribution in [3.8, 4) is 0 Å². The minimum absolute atomic E-state index is 0.186. The Kier molecular flexibility index (Phi) is 8.47. The maximum Gasteiger partial charge on any atom is 0.194 e. The predicted octanol–water partition coefficient (Wildman–Crippen LogP) is 0.344. The monoisotopic (exact) mass is 435 g/mol. The van der Waals surface area contributed by atoms with Gasteiger partial charge in [0, 0.05) is 33.5 Å². The second kappa shape index (κ2) is 10.5. The van der Waals surface area contributed by atoms with Crippen LogP contribution in [0.25, 0.3) is 0 Å². The summed E-state index contributed by atoms with van der Waals surface area (Å²) in [5.41, 5.74) is 0. The van der Waals surface area contributed by atoms with Crippen molar-refractivity contribution in [2.75, 3.05) is 14.2 Å². The molecule has 0 aliphatic carbocycles. The molecule has 1 radical (unpaired) electrons. The summed E-state index contributed by atoms with van der Waals surface area (Å²) in [6.45, 7) is 5.30. The molecule has 3 aliphatic rings. The third-order valence-electron chi connectivity index (χ3n) is 6.14. The summed E-state index contributed by atoms with van der Waals surface area (Å²) in [7, 11) is 3.06. The zero-order chi connectivity index (χ0) is 22.0. The highest BCUT2D eigenvalue weighted by Crippen LogP contribution is 2.32. The van der Waals surface area contributed by atoms with Crippen molar-refractivity contribution in [3.63, 3.8) is 0 Å². The Hall–Kier alpha value is -0.400. The smallest absolute Gasteiger partial charge is 0.194 e. The molecule has 10 nitrogen and oxygen atoms in total. The summed E-state index contributed by atoms with van der Waals surface area (Å²) in [6, 6.07) is 0. The van der Waals surface area contributed by atoms with Crippen LogP contribution in [0.4, 0.5) is 0 Å². The minimum Gasteiger partial charge on any atom is -0.390 e. The van der Waals surface area contributed by atoms with Crippen molar-refractivity contribution < 1.29 is 48.5 Å². The first-order valence-corrected chi connectivity index (χ1v) is 10.6. The molecule has 3 rings (SSSR count). The van der Waals surface area contributed by atoms with Crippen LogP contribution in [0.2, 0.25) is 0 Å². The second-order valence-electron chi connectivity index (χ2n) is 8.33. The van der Waals surface area contributed by atoms with Gasteiger partial charge in [-0.1, -0.05) is 0 Å². The SMILES string of the molecule is CO[C@H]1CC([O])O[C@H](C)[C@H]1O[C@H]1C[C@H](O)[C@H](O[C@H]2C[C@@H](OC)[C@@H](O)[C@H](C)O2)[C@@H](C)O1. The zero-order valence-corrected chi connectivity index (χ0v) is 18.2. The summed E-state index contributed by atoms with van der Waals surface area (Å²) in [5, 5.41) is 32.5. The van der Waals surface area contributed by atoms with Crippen molar-refractivity contribution in [3.05, 3.63) is 0 Å². The molecule has 175 valence electrons. The third-order valence-corrected chi connectivity index (χ3v) is 6.14. The molecule has 0 spiro atoms. The molecule has 3 heterocycles. The highest BCUT2D eigenvalue weighted by atomic mass is 16.7. The van der Waals surface area contributed by atoms with Crippen LogP contribution in [0, 0.1) is 0 Å². The van der Waals surface area contributed by atoms with Crippen molar-refractivity contribution >= 4 is 0 Å². The number of hydrogen-bond acceptors (Lipinski definition) is 9. The lowest BCUT2D eigenvalue weighted by molar-refractivity contribution is -0.335. The fourth-order valence-electron chi connectivity index (χ4n) is 4.41. The van der Waals surface area contributed by atoms with Crippen LogP contribution in [0.15, 0.2) is 0 Å². The minimum atomic E-state index is -1.15. The average molecular weight is 435 g/mol. The van der Waals surface area contributed by atoms with Crippen LogP contribution in [-0.4, -0.2) is 98.2 Å². The summed E-state index contributed by atoms with van der Waals surface area (Å²) >= 11 is 0. The van der Waals surface area contributed by atoms with Gasteiger partial charge < -0.3 is 43.4 Å². The molecule has 12 atom stereocenters. The van der Waals surface area contributed by atoms with Crippen molar-refractivity contribution in [2.45, 2.75) is 114 Å². The Morgan fingerprint density at radius 2 is 1.30 bits per heavy atom. The van der Waals surface area contributed by atoms with E-state index in [1.54, 1.807) is 20.8 Å². The standard InChI is InChI=1S/C20H35O10/c1-9-18(23)13(24-4)8-17(27-9)29-19-10(2)28-16(6-12(19)21)30-20-11(3)26-15(22)7-14(20)25-5/h9-21,23H,6-8H2,1-5H3/t9-,10+,11+,12-,13+,14-,15?,16-,17-,18-,19+,20+/m0/s1. The van der Waals surface area contributed by atoms with E-state index in [1.807, 2.05) is 0 Å². The highest BCUT2D eigenvalue weighted by molar-refractivity contribution is 4.88. The van der Waals surface area contributed by atoms with Gasteiger partial charge in [-0.25, -0.2) is 5.11 Å². The number of hydrogen-bond donors (Lipinski definition) is 2. The van der Waals surface area contributed by atoms with Gasteiger partial charge in [-0.2, -0.15) is 0 Å². The Morgan fingerprint density at radius 1 is 0.733 bits per heavy atom. The number of rotatable bonds is 6. The van der Waals surface area contributed by atoms with Gasteiger partial charge >= 0.3 is 0 Å². The first kappa shape index (κ1) is 24.2. The van der Waals surface area contributed by atoms with E-state index in [-0.39, 0.29) is 12.8 Å². The molecule has 3 aliphatic heterocycles. The van der Waals surface area contributed by atoms with Gasteiger partial charge in [0.1, 0.15) is 18.3 Å². The lowest BCUT2D eigenvalue weighted by Gasteiger charge is -2.44. The summed E-state index contributed by atoms with van der Waals surface area (Å²) in [4.78, 5) is 0. The largest absolute Gasteiger partial charge is 0.390 e. The van der Waals surface area contributed by atoms with Crippen LogP contribution in [0.1, 0.15) is 40.0 Å². The Morgan fingerprint density at radius 3 is 1.93 bits per heavy atom. The van der Waals surface area contributed by atoms with Crippen LogP contribution in [0.5, 0.6) is 0 Å². The van der Waals surface area contributed by atoms with E-state index in [9.17, 15) is 15.3 Å². The van der Waals surface area contributed by atoms with Crippen LogP contribution in [0.3, 0.4) is 0 Å². The number of methoxy groups -OCH3 is 2. The first-order valence-electron chi connectivity index (χ1n) is 10.6. The number of aliphatic hydroxyl groups excluding tert-OH is 2. The molecule has 10 heteroatoms. The van der Waals surface area contributed by atoms with Gasteiger partial charge in [-0.3, -0.25) is 0 Å². The fraction of sp³-hybridized carbons (Fsp3) is 1.00. The molecule has 0 aromatic carbocycles. The predicted molar refractivity (Wildman–Crippen MR) is 101 cm³/mol. The molecule has 0 amide bonds. The molecule has 30 heavy (non-hydrogen) atoms. The summed E-state index contributed by atoms with van der Waals surface area (Å²) in [6.07, 6.45) is -6.62. The molecular formula is C20H35O10. The molecule has 1 unspecified atom stereocenters. The van der Waals surface area contributed by atoms with Crippen LogP contribution < -0.4 is 0 Å². The van der Waals surface area contributed by atoms with Gasteiger partial charge in [-0.05, 0) is 20.8 Å². The van der Waals surface area contributed by atoms with E-state index < -0.39 is 73.8 Å². The molecule has 0 bridgehead atoms. The summed E-state index contributed by atoms with van der Waals surface area (Å²) in [5.74, 6) is 0. The lowest BCUT2D eigenvalue weighted by Crippen LogP contribution is -2.56. The molecule has 0 aromatic rings. The van der Waals surface area contributed by atoms with Crippen molar-refractivity contribution in [1.29, 1.82) is 0 Å². The zero-order valence-electron chi connectivity index (χ0n) is 18.2. The molecule has 3 fully saturated rings. The topological polar surface area (TPSA) is 125 Å². The Balaban J connectivity index is 1.56. The van der Waals surface area contributed by atoms with Crippen LogP contribution >= 0.6 is 0 Å². The molecule has 0 aromatic heterocycles. The third kappa shape index (κ3) is 5.50. The van der Waals surface area contributed by atoms with E-state index in [2.05, 4.69) is 0 Å². The average Bonchev–Trinajstić information content (AvgIpc) is 2.69. The lowest BCUT2D eigenvalue weighted by atomic mass is 9.99. The van der Waals surface area contributed by atoms with Crippen LogP contribution in [-0.2, 0) is 38.3 Å². The highest BCUT2D eigenvalue weighted by Gasteiger charge is 2.45. The van der Waals surface area contributed by atoms with E-state index in [0.29, 0.717) is 6.42 Å². The van der Waals surface area contributed by atoms with E-state index in [0.717, 1.165) is 0 Å². The van der Waals surface area contributed by atoms with Gasteiger partial charge in [-0.15, -0.1) is 0 Å². The maximum atomic E-state index is 11.7. The van der Waals surface area contributed by atoms with Gasteiger partial charge in [0.25, 0.3) is 0 Å². The molecular weight excluding hydrogens is 400 g/mol. The van der Waals surface area contributed by atoms with Gasteiger partial charge in [0.05, 0.1) is 36.6 Å². The second-order valence-corrected chi connectivity index (χ2v) is 8.33. The Labute approximate surface area is 177 Å². The van der Waals surface area contributed by atoms with Gasteiger partial charge in [0.15, 0.2) is 18.9 Å². The fourth-order valence-corrected chi connectivity index (χ4v) is 4.41. The quantitative estimate of drug-likeness (QED) is 0.608. The summed E-state index contributed by atoms with van der Waals surface area (Å²) < 4.78 is 39.7. The van der Waals surface area contributed by atoms with Gasteiger partial charge in [0.2, 0.25) is 0 Å². The van der Waals surface area contributed by atoms with Crippen molar-refractivity contribution in [1.82, 2.24) is 0 Å².